The summed E-state index contributed by atoms with van der Waals surface area (Å²) in [5.41, 5.74) is 0. The van der Waals surface area contributed by atoms with Crippen molar-refractivity contribution in [1.82, 2.24) is 4.90 Å². The average molecular weight is 190 g/mol. The molecule has 0 bridgehead atoms. The van der Waals surface area contributed by atoms with Crippen molar-refractivity contribution >= 4 is 12.2 Å². The molecule has 0 atom stereocenters. The van der Waals surface area contributed by atoms with Gasteiger partial charge in [-0.15, -0.1) is 0 Å². The molecule has 1 aliphatic rings. The molecule has 14 heavy (non-hydrogen) atoms. The van der Waals surface area contributed by atoms with E-state index in [9.17, 15) is 4.79 Å². The Morgan fingerprint density at radius 2 is 2.29 bits per heavy atom. The fourth-order valence-corrected chi connectivity index (χ4v) is 1.41. The molecule has 2 rings (SSSR count). The third-order valence-electron chi connectivity index (χ3n) is 2.02. The maximum atomic E-state index is 10.5. The van der Waals surface area contributed by atoms with Gasteiger partial charge in [0, 0.05) is 11.4 Å². The van der Waals surface area contributed by atoms with Crippen LogP contribution in [0.4, 0.5) is 0 Å². The Kier molecular flexibility index (Phi) is 2.18. The maximum absolute atomic E-state index is 10.5. The largest absolute Gasteiger partial charge is 0.480 e. The predicted molar refractivity (Wildman–Crippen MR) is 50.9 cm³/mol. The Balaban J connectivity index is 2.34. The SMILES string of the molecule is O=C(O)CN1C=c2ccccc2=NC1. The van der Waals surface area contributed by atoms with E-state index in [2.05, 4.69) is 4.99 Å². The highest BCUT2D eigenvalue weighted by atomic mass is 16.4. The summed E-state index contributed by atoms with van der Waals surface area (Å²) in [6.45, 7) is 0.418. The summed E-state index contributed by atoms with van der Waals surface area (Å²) in [6.07, 6.45) is 1.83. The van der Waals surface area contributed by atoms with Gasteiger partial charge in [-0.25, -0.2) is 0 Å². The zero-order chi connectivity index (χ0) is 9.97. The van der Waals surface area contributed by atoms with E-state index in [1.165, 1.54) is 0 Å². The van der Waals surface area contributed by atoms with E-state index in [4.69, 9.17) is 5.11 Å². The van der Waals surface area contributed by atoms with Gasteiger partial charge in [-0.1, -0.05) is 18.2 Å². The first kappa shape index (κ1) is 8.74. The molecule has 0 fully saturated rings. The molecule has 0 unspecified atom stereocenters. The van der Waals surface area contributed by atoms with E-state index in [0.717, 1.165) is 10.6 Å². The van der Waals surface area contributed by atoms with Gasteiger partial charge in [0.15, 0.2) is 0 Å². The van der Waals surface area contributed by atoms with Crippen LogP contribution in [-0.2, 0) is 4.79 Å². The van der Waals surface area contributed by atoms with Crippen LogP contribution in [0.1, 0.15) is 0 Å². The summed E-state index contributed by atoms with van der Waals surface area (Å²) in [6, 6.07) is 7.68. The number of carboxylic acid groups (broad SMARTS) is 1. The van der Waals surface area contributed by atoms with Crippen LogP contribution in [0.2, 0.25) is 0 Å². The number of hydrogen-bond donors (Lipinski definition) is 1. The topological polar surface area (TPSA) is 52.9 Å². The second-order valence-corrected chi connectivity index (χ2v) is 3.13. The number of para-hydroxylation sites is 1. The van der Waals surface area contributed by atoms with Crippen LogP contribution >= 0.6 is 0 Å². The minimum atomic E-state index is -0.837. The number of rotatable bonds is 2. The highest BCUT2D eigenvalue weighted by molar-refractivity contribution is 5.69. The fourth-order valence-electron chi connectivity index (χ4n) is 1.41. The number of aliphatic carboxylic acids is 1. The van der Waals surface area contributed by atoms with E-state index in [1.54, 1.807) is 4.90 Å². The summed E-state index contributed by atoms with van der Waals surface area (Å²) in [5, 5.41) is 10.5. The lowest BCUT2D eigenvalue weighted by atomic mass is 10.3. The molecular formula is C10H10N2O2. The summed E-state index contributed by atoms with van der Waals surface area (Å²) in [4.78, 5) is 16.4. The van der Waals surface area contributed by atoms with Crippen molar-refractivity contribution in [2.24, 2.45) is 4.99 Å². The van der Waals surface area contributed by atoms with Crippen molar-refractivity contribution in [3.05, 3.63) is 34.8 Å². The van der Waals surface area contributed by atoms with Gasteiger partial charge in [0.2, 0.25) is 0 Å². The molecular weight excluding hydrogens is 180 g/mol. The molecule has 1 aliphatic heterocycles. The first-order valence-electron chi connectivity index (χ1n) is 4.33. The zero-order valence-electron chi connectivity index (χ0n) is 7.55. The quantitative estimate of drug-likeness (QED) is 0.677. The van der Waals surface area contributed by atoms with Crippen LogP contribution in [0.15, 0.2) is 29.3 Å². The summed E-state index contributed by atoms with van der Waals surface area (Å²) in [7, 11) is 0. The number of carboxylic acids is 1. The van der Waals surface area contributed by atoms with Gasteiger partial charge >= 0.3 is 5.97 Å². The monoisotopic (exact) mass is 190 g/mol. The van der Waals surface area contributed by atoms with Gasteiger partial charge in [0.05, 0.1) is 5.36 Å². The molecule has 1 N–H and O–H groups in total. The molecule has 0 saturated carbocycles. The third kappa shape index (κ3) is 1.74. The Labute approximate surface area is 80.8 Å². The lowest BCUT2D eigenvalue weighted by molar-refractivity contribution is -0.137. The van der Waals surface area contributed by atoms with Crippen molar-refractivity contribution in [3.63, 3.8) is 0 Å². The van der Waals surface area contributed by atoms with Crippen LogP contribution in [0, 0.1) is 0 Å². The number of benzene rings is 1. The van der Waals surface area contributed by atoms with E-state index in [0.29, 0.717) is 6.67 Å². The molecule has 1 heterocycles. The average Bonchev–Trinajstić information content (AvgIpc) is 2.17. The fraction of sp³-hybridized carbons (Fsp3) is 0.200. The normalized spacial score (nSPS) is 13.9. The lowest BCUT2D eigenvalue weighted by Crippen LogP contribution is -2.37. The first-order valence-corrected chi connectivity index (χ1v) is 4.33. The highest BCUT2D eigenvalue weighted by Crippen LogP contribution is 1.92. The Morgan fingerprint density at radius 3 is 3.07 bits per heavy atom. The smallest absolute Gasteiger partial charge is 0.323 e. The number of carbonyl (C=O) groups is 1. The van der Waals surface area contributed by atoms with Gasteiger partial charge in [-0.3, -0.25) is 9.79 Å². The van der Waals surface area contributed by atoms with Gasteiger partial charge < -0.3 is 10.0 Å². The van der Waals surface area contributed by atoms with Gasteiger partial charge in [-0.2, -0.15) is 0 Å². The van der Waals surface area contributed by atoms with Crippen molar-refractivity contribution in [2.45, 2.75) is 0 Å². The predicted octanol–water partition coefficient (Wildman–Crippen LogP) is -0.598. The number of nitrogens with zero attached hydrogens (tertiary/aromatic N) is 2. The van der Waals surface area contributed by atoms with Crippen molar-refractivity contribution in [3.8, 4) is 0 Å². The Bertz CT molecular complexity index is 467. The molecule has 0 radical (unpaired) electrons. The summed E-state index contributed by atoms with van der Waals surface area (Å²) in [5.74, 6) is -0.837. The van der Waals surface area contributed by atoms with E-state index in [-0.39, 0.29) is 6.54 Å². The second kappa shape index (κ2) is 3.49. The van der Waals surface area contributed by atoms with Gasteiger partial charge in [-0.05, 0) is 6.07 Å². The van der Waals surface area contributed by atoms with Crippen LogP contribution in [0.3, 0.4) is 0 Å². The molecule has 0 aliphatic carbocycles. The molecule has 1 aromatic carbocycles. The van der Waals surface area contributed by atoms with E-state index < -0.39 is 5.97 Å². The van der Waals surface area contributed by atoms with Crippen LogP contribution < -0.4 is 10.6 Å². The van der Waals surface area contributed by atoms with Crippen molar-refractivity contribution in [2.75, 3.05) is 13.2 Å². The Morgan fingerprint density at radius 1 is 1.50 bits per heavy atom. The summed E-state index contributed by atoms with van der Waals surface area (Å²) >= 11 is 0. The number of fused-ring (bicyclic) bond motifs is 1. The van der Waals surface area contributed by atoms with Crippen LogP contribution in [0.5, 0.6) is 0 Å². The van der Waals surface area contributed by atoms with Crippen LogP contribution in [0.25, 0.3) is 6.20 Å². The van der Waals surface area contributed by atoms with Crippen molar-refractivity contribution < 1.29 is 9.90 Å². The van der Waals surface area contributed by atoms with Gasteiger partial charge in [0.1, 0.15) is 13.2 Å². The van der Waals surface area contributed by atoms with Gasteiger partial charge in [0.25, 0.3) is 0 Å². The molecule has 72 valence electrons. The molecule has 4 heteroatoms. The minimum Gasteiger partial charge on any atom is -0.480 e. The van der Waals surface area contributed by atoms with E-state index >= 15 is 0 Å². The minimum absolute atomic E-state index is 0.00215. The Hall–Kier alpha value is -1.84. The lowest BCUT2D eigenvalue weighted by Gasteiger charge is -2.17. The molecule has 4 nitrogen and oxygen atoms in total. The van der Waals surface area contributed by atoms with Crippen molar-refractivity contribution in [1.29, 1.82) is 0 Å². The zero-order valence-corrected chi connectivity index (χ0v) is 7.55. The molecule has 0 spiro atoms. The first-order chi connectivity index (χ1) is 6.75. The number of hydrogen-bond acceptors (Lipinski definition) is 3. The molecule has 1 aromatic rings. The standard InChI is InChI=1S/C10H10N2O2/c13-10(14)6-12-5-8-3-1-2-4-9(8)11-7-12/h1-5H,6-7H2,(H,13,14). The molecule has 0 aromatic heterocycles. The molecule has 0 amide bonds. The molecule has 0 saturated heterocycles. The van der Waals surface area contributed by atoms with Crippen LogP contribution in [-0.4, -0.2) is 29.2 Å². The maximum Gasteiger partial charge on any atom is 0.323 e. The third-order valence-corrected chi connectivity index (χ3v) is 2.02. The second-order valence-electron chi connectivity index (χ2n) is 3.13. The highest BCUT2D eigenvalue weighted by Gasteiger charge is 2.06. The van der Waals surface area contributed by atoms with E-state index in [1.807, 2.05) is 30.5 Å². The summed E-state index contributed by atoms with van der Waals surface area (Å²) < 4.78 is 0.